The Hall–Kier alpha value is -1.80. The van der Waals surface area contributed by atoms with Gasteiger partial charge in [0.05, 0.1) is 11.4 Å². The van der Waals surface area contributed by atoms with Gasteiger partial charge in [0.15, 0.2) is 0 Å². The van der Waals surface area contributed by atoms with Gasteiger partial charge in [0, 0.05) is 12.6 Å². The molecule has 1 N–H and O–H groups in total. The highest BCUT2D eigenvalue weighted by Crippen LogP contribution is 2.32. The zero-order chi connectivity index (χ0) is 22.6. The first kappa shape index (κ1) is 23.4. The van der Waals surface area contributed by atoms with Crippen LogP contribution in [0, 0.1) is 0 Å². The first-order valence-corrected chi connectivity index (χ1v) is 13.9. The number of fused-ring (bicyclic) bond motifs is 1. The van der Waals surface area contributed by atoms with Crippen LogP contribution in [0.5, 0.6) is 0 Å². The zero-order valence-electron chi connectivity index (χ0n) is 19.1. The first-order valence-electron chi connectivity index (χ1n) is 11.9. The number of rotatable bonds is 9. The first-order chi connectivity index (χ1) is 15.5. The van der Waals surface area contributed by atoms with Crippen LogP contribution in [0.25, 0.3) is 10.6 Å². The summed E-state index contributed by atoms with van der Waals surface area (Å²) >= 11 is 3.52. The third kappa shape index (κ3) is 4.91. The number of thiophene rings is 1. The number of hydrogen-bond acceptors (Lipinski definition) is 5. The standard InChI is InChI=1S/C24H34N4O2S2/c1-3-13-31-14-8-12-27-22(29)20-16-19(21-11-7-15-32-21)26-28(20)17-24(27,2)23(30)25-18-9-5-4-6-10-18/h7,11,15-16,18H,3-6,8-10,12-14,17H2,1-2H3,(H,25,30)/t24-/m1/s1. The van der Waals surface area contributed by atoms with Crippen LogP contribution < -0.4 is 5.32 Å². The van der Waals surface area contributed by atoms with E-state index in [1.165, 1.54) is 6.42 Å². The Balaban J connectivity index is 1.57. The van der Waals surface area contributed by atoms with E-state index < -0.39 is 5.54 Å². The van der Waals surface area contributed by atoms with E-state index in [2.05, 4.69) is 12.2 Å². The molecule has 0 aromatic carbocycles. The zero-order valence-corrected chi connectivity index (χ0v) is 20.8. The van der Waals surface area contributed by atoms with Crippen LogP contribution >= 0.6 is 23.1 Å². The molecule has 2 aliphatic rings. The predicted octanol–water partition coefficient (Wildman–Crippen LogP) is 4.81. The molecule has 1 atom stereocenters. The highest BCUT2D eigenvalue weighted by Gasteiger charge is 2.48. The molecule has 32 heavy (non-hydrogen) atoms. The number of hydrogen-bond donors (Lipinski definition) is 1. The summed E-state index contributed by atoms with van der Waals surface area (Å²) in [4.78, 5) is 30.0. The van der Waals surface area contributed by atoms with Gasteiger partial charge < -0.3 is 10.2 Å². The number of carbonyl (C=O) groups excluding carboxylic acids is 2. The van der Waals surface area contributed by atoms with Crippen LogP contribution in [0.4, 0.5) is 0 Å². The van der Waals surface area contributed by atoms with Crippen LogP contribution in [0.3, 0.4) is 0 Å². The van der Waals surface area contributed by atoms with Gasteiger partial charge in [-0.25, -0.2) is 0 Å². The molecular formula is C24H34N4O2S2. The summed E-state index contributed by atoms with van der Waals surface area (Å²) < 4.78 is 1.75. The van der Waals surface area contributed by atoms with Crippen molar-refractivity contribution in [2.75, 3.05) is 18.1 Å². The lowest BCUT2D eigenvalue weighted by molar-refractivity contribution is -0.134. The fourth-order valence-electron chi connectivity index (χ4n) is 4.70. The fraction of sp³-hybridized carbons (Fsp3) is 0.625. The van der Waals surface area contributed by atoms with Crippen molar-refractivity contribution in [3.63, 3.8) is 0 Å². The quantitative estimate of drug-likeness (QED) is 0.530. The third-order valence-electron chi connectivity index (χ3n) is 6.52. The van der Waals surface area contributed by atoms with Gasteiger partial charge in [-0.05, 0) is 61.6 Å². The number of nitrogens with one attached hydrogen (secondary N) is 1. The summed E-state index contributed by atoms with van der Waals surface area (Å²) in [6.07, 6.45) is 7.65. The molecule has 6 nitrogen and oxygen atoms in total. The molecule has 2 amide bonds. The average molecular weight is 475 g/mol. The van der Waals surface area contributed by atoms with Crippen molar-refractivity contribution in [3.05, 3.63) is 29.3 Å². The number of thioether (sulfide) groups is 1. The molecule has 8 heteroatoms. The van der Waals surface area contributed by atoms with Gasteiger partial charge in [-0.2, -0.15) is 16.9 Å². The molecule has 1 aliphatic heterocycles. The van der Waals surface area contributed by atoms with Crippen molar-refractivity contribution in [3.8, 4) is 10.6 Å². The van der Waals surface area contributed by atoms with Crippen molar-refractivity contribution < 1.29 is 9.59 Å². The molecule has 1 saturated carbocycles. The Labute approximate surface area is 199 Å². The molecule has 0 bridgehead atoms. The minimum Gasteiger partial charge on any atom is -0.351 e. The van der Waals surface area contributed by atoms with Crippen molar-refractivity contribution in [2.24, 2.45) is 0 Å². The molecule has 4 rings (SSSR count). The molecule has 2 aromatic rings. The molecule has 1 fully saturated rings. The summed E-state index contributed by atoms with van der Waals surface area (Å²) in [5, 5.41) is 10.0. The van der Waals surface area contributed by atoms with Crippen LogP contribution in [-0.2, 0) is 11.3 Å². The lowest BCUT2D eigenvalue weighted by Crippen LogP contribution is -2.65. The maximum absolute atomic E-state index is 13.6. The van der Waals surface area contributed by atoms with Crippen molar-refractivity contribution in [2.45, 2.75) is 76.9 Å². The topological polar surface area (TPSA) is 67.2 Å². The second kappa shape index (κ2) is 10.4. The molecule has 174 valence electrons. The van der Waals surface area contributed by atoms with Crippen molar-refractivity contribution >= 4 is 34.9 Å². The number of aromatic nitrogens is 2. The third-order valence-corrected chi connectivity index (χ3v) is 8.69. The van der Waals surface area contributed by atoms with E-state index >= 15 is 0 Å². The van der Waals surface area contributed by atoms with E-state index in [-0.39, 0.29) is 17.9 Å². The van der Waals surface area contributed by atoms with Gasteiger partial charge in [0.25, 0.3) is 5.91 Å². The molecule has 0 spiro atoms. The Kier molecular flexibility index (Phi) is 7.61. The maximum atomic E-state index is 13.6. The molecule has 0 saturated heterocycles. The number of carbonyl (C=O) groups is 2. The normalized spacial score (nSPS) is 21.6. The van der Waals surface area contributed by atoms with Gasteiger partial charge in [-0.3, -0.25) is 14.3 Å². The molecular weight excluding hydrogens is 440 g/mol. The van der Waals surface area contributed by atoms with E-state index in [0.717, 1.165) is 60.6 Å². The molecule has 3 heterocycles. The van der Waals surface area contributed by atoms with Crippen LogP contribution in [0.15, 0.2) is 23.6 Å². The van der Waals surface area contributed by atoms with E-state index in [9.17, 15) is 9.59 Å². The highest BCUT2D eigenvalue weighted by molar-refractivity contribution is 7.99. The van der Waals surface area contributed by atoms with Gasteiger partial charge in [-0.1, -0.05) is 32.3 Å². The SMILES string of the molecule is CCCSCCCN1C(=O)c2cc(-c3cccs3)nn2C[C@]1(C)C(=O)NC1CCCCC1. The van der Waals surface area contributed by atoms with Crippen molar-refractivity contribution in [1.82, 2.24) is 20.0 Å². The summed E-state index contributed by atoms with van der Waals surface area (Å²) in [6, 6.07) is 6.10. The van der Waals surface area contributed by atoms with Gasteiger partial charge in [0.2, 0.25) is 5.91 Å². The maximum Gasteiger partial charge on any atom is 0.273 e. The Morgan fingerprint density at radius 2 is 2.12 bits per heavy atom. The van der Waals surface area contributed by atoms with Gasteiger partial charge in [0.1, 0.15) is 16.9 Å². The smallest absolute Gasteiger partial charge is 0.273 e. The molecule has 1 aliphatic carbocycles. The molecule has 0 radical (unpaired) electrons. The Morgan fingerprint density at radius 1 is 1.31 bits per heavy atom. The minimum atomic E-state index is -0.935. The van der Waals surface area contributed by atoms with Gasteiger partial charge >= 0.3 is 0 Å². The van der Waals surface area contributed by atoms with Gasteiger partial charge in [-0.15, -0.1) is 11.3 Å². The largest absolute Gasteiger partial charge is 0.351 e. The van der Waals surface area contributed by atoms with E-state index in [0.29, 0.717) is 18.8 Å². The fourth-order valence-corrected chi connectivity index (χ4v) is 6.20. The Bertz CT molecular complexity index is 921. The second-order valence-corrected chi connectivity index (χ2v) is 11.2. The molecule has 0 unspecified atom stereocenters. The van der Waals surface area contributed by atoms with E-state index in [4.69, 9.17) is 5.10 Å². The van der Waals surface area contributed by atoms with E-state index in [1.807, 2.05) is 47.2 Å². The van der Waals surface area contributed by atoms with E-state index in [1.54, 1.807) is 16.0 Å². The highest BCUT2D eigenvalue weighted by atomic mass is 32.2. The lowest BCUT2D eigenvalue weighted by atomic mass is 9.91. The lowest BCUT2D eigenvalue weighted by Gasteiger charge is -2.44. The number of nitrogens with zero attached hydrogens (tertiary/aromatic N) is 3. The summed E-state index contributed by atoms with van der Waals surface area (Å²) in [5.41, 5.74) is 0.451. The van der Waals surface area contributed by atoms with Crippen LogP contribution in [0.2, 0.25) is 0 Å². The second-order valence-electron chi connectivity index (χ2n) is 9.05. The Morgan fingerprint density at radius 3 is 2.84 bits per heavy atom. The van der Waals surface area contributed by atoms with Crippen molar-refractivity contribution in [1.29, 1.82) is 0 Å². The average Bonchev–Trinajstić information content (AvgIpc) is 3.46. The minimum absolute atomic E-state index is 0.0437. The molecule has 2 aromatic heterocycles. The predicted molar refractivity (Wildman–Crippen MR) is 132 cm³/mol. The summed E-state index contributed by atoms with van der Waals surface area (Å²) in [5.74, 6) is 1.99. The van der Waals surface area contributed by atoms with Crippen LogP contribution in [0.1, 0.15) is 69.3 Å². The summed E-state index contributed by atoms with van der Waals surface area (Å²) in [6.45, 7) is 5.07. The van der Waals surface area contributed by atoms with Crippen LogP contribution in [-0.4, -0.2) is 56.1 Å². The summed E-state index contributed by atoms with van der Waals surface area (Å²) in [7, 11) is 0. The number of amides is 2. The monoisotopic (exact) mass is 474 g/mol.